The van der Waals surface area contributed by atoms with Crippen molar-refractivity contribution in [2.45, 2.75) is 33.4 Å². The highest BCUT2D eigenvalue weighted by atomic mass is 16.5. The summed E-state index contributed by atoms with van der Waals surface area (Å²) in [6, 6.07) is 7.64. The monoisotopic (exact) mass is 301 g/mol. The second-order valence-corrected chi connectivity index (χ2v) is 5.61. The SMILES string of the molecule is COCCn1nc(-c2ccc(C)cc2C)cc(C(C)N)c1=O. The highest BCUT2D eigenvalue weighted by molar-refractivity contribution is 5.64. The van der Waals surface area contributed by atoms with Gasteiger partial charge in [0.1, 0.15) is 0 Å². The van der Waals surface area contributed by atoms with Gasteiger partial charge in [-0.05, 0) is 32.4 Å². The van der Waals surface area contributed by atoms with Gasteiger partial charge in [0.15, 0.2) is 0 Å². The Morgan fingerprint density at radius 1 is 1.32 bits per heavy atom. The smallest absolute Gasteiger partial charge is 0.271 e. The van der Waals surface area contributed by atoms with E-state index in [2.05, 4.69) is 18.1 Å². The average Bonchev–Trinajstić information content (AvgIpc) is 2.46. The molecule has 0 aliphatic rings. The van der Waals surface area contributed by atoms with Gasteiger partial charge in [0, 0.05) is 24.3 Å². The van der Waals surface area contributed by atoms with Crippen LogP contribution in [-0.4, -0.2) is 23.5 Å². The van der Waals surface area contributed by atoms with E-state index in [1.807, 2.05) is 26.0 Å². The van der Waals surface area contributed by atoms with Crippen LogP contribution in [0.3, 0.4) is 0 Å². The fourth-order valence-corrected chi connectivity index (χ4v) is 2.45. The Labute approximate surface area is 130 Å². The number of hydrogen-bond donors (Lipinski definition) is 1. The molecule has 2 rings (SSSR count). The molecule has 0 saturated carbocycles. The third kappa shape index (κ3) is 3.43. The Bertz CT molecular complexity index is 720. The number of nitrogens with two attached hydrogens (primary N) is 1. The maximum atomic E-state index is 12.4. The second kappa shape index (κ2) is 6.85. The summed E-state index contributed by atoms with van der Waals surface area (Å²) in [5.74, 6) is 0. The molecule has 0 fully saturated rings. The van der Waals surface area contributed by atoms with E-state index in [1.165, 1.54) is 10.2 Å². The topological polar surface area (TPSA) is 70.1 Å². The zero-order valence-corrected chi connectivity index (χ0v) is 13.6. The molecule has 0 bridgehead atoms. The predicted molar refractivity (Wildman–Crippen MR) is 87.9 cm³/mol. The van der Waals surface area contributed by atoms with Gasteiger partial charge in [-0.3, -0.25) is 4.79 Å². The summed E-state index contributed by atoms with van der Waals surface area (Å²) < 4.78 is 6.50. The summed E-state index contributed by atoms with van der Waals surface area (Å²) >= 11 is 0. The van der Waals surface area contributed by atoms with Crippen molar-refractivity contribution < 1.29 is 4.74 Å². The van der Waals surface area contributed by atoms with Crippen molar-refractivity contribution in [3.8, 4) is 11.3 Å². The van der Waals surface area contributed by atoms with Crippen LogP contribution in [0.1, 0.15) is 29.7 Å². The number of hydrogen-bond acceptors (Lipinski definition) is 4. The molecule has 5 nitrogen and oxygen atoms in total. The maximum absolute atomic E-state index is 12.4. The first kappa shape index (κ1) is 16.4. The molecule has 1 aromatic heterocycles. The summed E-state index contributed by atoms with van der Waals surface area (Å²) in [7, 11) is 1.60. The summed E-state index contributed by atoms with van der Waals surface area (Å²) in [6.07, 6.45) is 0. The predicted octanol–water partition coefficient (Wildman–Crippen LogP) is 2.19. The van der Waals surface area contributed by atoms with E-state index in [0.717, 1.165) is 16.8 Å². The van der Waals surface area contributed by atoms with E-state index < -0.39 is 0 Å². The van der Waals surface area contributed by atoms with Crippen LogP contribution in [-0.2, 0) is 11.3 Å². The van der Waals surface area contributed by atoms with Crippen molar-refractivity contribution in [1.29, 1.82) is 0 Å². The molecule has 0 aliphatic heterocycles. The van der Waals surface area contributed by atoms with E-state index >= 15 is 0 Å². The highest BCUT2D eigenvalue weighted by Gasteiger charge is 2.14. The molecule has 0 saturated heterocycles. The van der Waals surface area contributed by atoms with Crippen LogP contribution >= 0.6 is 0 Å². The van der Waals surface area contributed by atoms with Crippen LogP contribution in [0.4, 0.5) is 0 Å². The van der Waals surface area contributed by atoms with Crippen LogP contribution in [0, 0.1) is 13.8 Å². The van der Waals surface area contributed by atoms with Gasteiger partial charge >= 0.3 is 0 Å². The minimum atomic E-state index is -0.339. The van der Waals surface area contributed by atoms with Crippen molar-refractivity contribution in [3.05, 3.63) is 51.3 Å². The van der Waals surface area contributed by atoms with Gasteiger partial charge < -0.3 is 10.5 Å². The van der Waals surface area contributed by atoms with Crippen LogP contribution < -0.4 is 11.3 Å². The van der Waals surface area contributed by atoms with Crippen molar-refractivity contribution in [2.75, 3.05) is 13.7 Å². The Kier molecular flexibility index (Phi) is 5.11. The molecule has 5 heteroatoms. The van der Waals surface area contributed by atoms with Gasteiger partial charge in [0.05, 0.1) is 18.8 Å². The molecule has 1 atom stereocenters. The summed E-state index contributed by atoms with van der Waals surface area (Å²) in [6.45, 7) is 6.75. The van der Waals surface area contributed by atoms with E-state index in [1.54, 1.807) is 13.2 Å². The van der Waals surface area contributed by atoms with Crippen molar-refractivity contribution in [2.24, 2.45) is 5.73 Å². The van der Waals surface area contributed by atoms with Gasteiger partial charge in [0.2, 0.25) is 0 Å². The first-order chi connectivity index (χ1) is 10.4. The molecule has 0 radical (unpaired) electrons. The average molecular weight is 301 g/mol. The van der Waals surface area contributed by atoms with Crippen LogP contribution in [0.2, 0.25) is 0 Å². The molecule has 1 aromatic carbocycles. The molecule has 0 spiro atoms. The van der Waals surface area contributed by atoms with Gasteiger partial charge in [-0.25, -0.2) is 4.68 Å². The molecule has 1 unspecified atom stereocenters. The normalized spacial score (nSPS) is 12.4. The Morgan fingerprint density at radius 2 is 2.05 bits per heavy atom. The lowest BCUT2D eigenvalue weighted by Crippen LogP contribution is -2.30. The fraction of sp³-hybridized carbons (Fsp3) is 0.412. The third-order valence-corrected chi connectivity index (χ3v) is 3.66. The maximum Gasteiger partial charge on any atom is 0.271 e. The van der Waals surface area contributed by atoms with Gasteiger partial charge in [0.25, 0.3) is 5.56 Å². The zero-order valence-electron chi connectivity index (χ0n) is 13.6. The highest BCUT2D eigenvalue weighted by Crippen LogP contribution is 2.23. The fourth-order valence-electron chi connectivity index (χ4n) is 2.45. The lowest BCUT2D eigenvalue weighted by atomic mass is 10.0. The van der Waals surface area contributed by atoms with Crippen molar-refractivity contribution >= 4 is 0 Å². The largest absolute Gasteiger partial charge is 0.383 e. The summed E-state index contributed by atoms with van der Waals surface area (Å²) in [4.78, 5) is 12.4. The molecule has 2 N–H and O–H groups in total. The number of nitrogens with zero attached hydrogens (tertiary/aromatic N) is 2. The van der Waals surface area contributed by atoms with Gasteiger partial charge in [-0.15, -0.1) is 0 Å². The number of benzene rings is 1. The molecular weight excluding hydrogens is 278 g/mol. The first-order valence-electron chi connectivity index (χ1n) is 7.38. The Morgan fingerprint density at radius 3 is 2.64 bits per heavy atom. The van der Waals surface area contributed by atoms with E-state index in [-0.39, 0.29) is 11.6 Å². The number of ether oxygens (including phenoxy) is 1. The lowest BCUT2D eigenvalue weighted by Gasteiger charge is -2.14. The number of aromatic nitrogens is 2. The summed E-state index contributed by atoms with van der Waals surface area (Å²) in [5, 5.41) is 4.48. The molecular formula is C17H23N3O2. The quantitative estimate of drug-likeness (QED) is 0.919. The standard InChI is InChI=1S/C17H23N3O2/c1-11-5-6-14(12(2)9-11)16-10-15(13(3)18)17(21)20(19-16)7-8-22-4/h5-6,9-10,13H,7-8,18H2,1-4H3. The lowest BCUT2D eigenvalue weighted by molar-refractivity contribution is 0.181. The third-order valence-electron chi connectivity index (χ3n) is 3.66. The molecule has 1 heterocycles. The first-order valence-corrected chi connectivity index (χ1v) is 7.38. The number of rotatable bonds is 5. The molecule has 0 aliphatic carbocycles. The number of methoxy groups -OCH3 is 1. The van der Waals surface area contributed by atoms with Gasteiger partial charge in [-0.2, -0.15) is 5.10 Å². The van der Waals surface area contributed by atoms with Crippen LogP contribution in [0.5, 0.6) is 0 Å². The van der Waals surface area contributed by atoms with Crippen LogP contribution in [0.25, 0.3) is 11.3 Å². The molecule has 2 aromatic rings. The minimum Gasteiger partial charge on any atom is -0.383 e. The minimum absolute atomic E-state index is 0.152. The van der Waals surface area contributed by atoms with Crippen LogP contribution in [0.15, 0.2) is 29.1 Å². The second-order valence-electron chi connectivity index (χ2n) is 5.61. The molecule has 0 amide bonds. The Hall–Kier alpha value is -1.98. The molecule has 118 valence electrons. The Balaban J connectivity index is 2.60. The van der Waals surface area contributed by atoms with E-state index in [9.17, 15) is 4.79 Å². The zero-order chi connectivity index (χ0) is 16.3. The summed E-state index contributed by atoms with van der Waals surface area (Å²) in [5.41, 5.74) is 10.5. The van der Waals surface area contributed by atoms with Gasteiger partial charge in [-0.1, -0.05) is 23.8 Å². The number of aryl methyl sites for hydroxylation is 2. The van der Waals surface area contributed by atoms with Crippen molar-refractivity contribution in [1.82, 2.24) is 9.78 Å². The van der Waals surface area contributed by atoms with Crippen molar-refractivity contribution in [3.63, 3.8) is 0 Å². The van der Waals surface area contributed by atoms with E-state index in [0.29, 0.717) is 18.7 Å². The van der Waals surface area contributed by atoms with E-state index in [4.69, 9.17) is 10.5 Å². The molecule has 22 heavy (non-hydrogen) atoms.